The number of thioether (sulfide) groups is 1. The van der Waals surface area contributed by atoms with Crippen molar-refractivity contribution in [3.05, 3.63) is 70.6 Å². The fourth-order valence-corrected chi connectivity index (χ4v) is 4.63. The number of nitrogens with zero attached hydrogens (tertiary/aromatic N) is 2. The summed E-state index contributed by atoms with van der Waals surface area (Å²) in [5.74, 6) is 2.70. The lowest BCUT2D eigenvalue weighted by Crippen LogP contribution is -2.15. The number of furan rings is 1. The summed E-state index contributed by atoms with van der Waals surface area (Å²) in [7, 11) is 1.57. The second kappa shape index (κ2) is 7.17. The van der Waals surface area contributed by atoms with Gasteiger partial charge in [-0.15, -0.1) is 0 Å². The molecule has 0 radical (unpaired) electrons. The average molecular weight is 426 g/mol. The van der Waals surface area contributed by atoms with Gasteiger partial charge in [0.15, 0.2) is 17.1 Å². The van der Waals surface area contributed by atoms with Gasteiger partial charge in [-0.2, -0.15) is 16.9 Å². The third-order valence-corrected chi connectivity index (χ3v) is 5.99. The lowest BCUT2D eigenvalue weighted by atomic mass is 10.2. The summed E-state index contributed by atoms with van der Waals surface area (Å²) in [5.41, 5.74) is 3.33. The molecule has 0 unspecified atom stereocenters. The fraction of sp³-hybridized carbons (Fsp3) is 0.143. The maximum Gasteiger partial charge on any atom is 0.292 e. The second-order valence-electron chi connectivity index (χ2n) is 6.60. The first-order valence-corrected chi connectivity index (χ1v) is 10.5. The molecule has 0 bridgehead atoms. The molecule has 1 N–H and O–H groups in total. The number of hydrogen-bond acceptors (Lipinski definition) is 5. The molecule has 0 spiro atoms. The van der Waals surface area contributed by atoms with E-state index < -0.39 is 0 Å². The molecule has 1 amide bonds. The minimum Gasteiger partial charge on any atom is -0.493 e. The number of fused-ring (bicyclic) bond motifs is 2. The molecule has 0 aliphatic carbocycles. The molecule has 8 heteroatoms. The van der Waals surface area contributed by atoms with Gasteiger partial charge in [0, 0.05) is 27.5 Å². The molecule has 0 atom stereocenters. The molecule has 5 rings (SSSR count). The Morgan fingerprint density at radius 2 is 2.10 bits per heavy atom. The van der Waals surface area contributed by atoms with E-state index in [4.69, 9.17) is 25.9 Å². The summed E-state index contributed by atoms with van der Waals surface area (Å²) in [6, 6.07) is 14.6. The third kappa shape index (κ3) is 3.16. The first-order valence-electron chi connectivity index (χ1n) is 8.96. The van der Waals surface area contributed by atoms with Gasteiger partial charge in [0.2, 0.25) is 0 Å². The summed E-state index contributed by atoms with van der Waals surface area (Å²) in [5, 5.41) is 9.09. The zero-order valence-electron chi connectivity index (χ0n) is 15.4. The van der Waals surface area contributed by atoms with Crippen LogP contribution in [0.1, 0.15) is 21.8 Å². The predicted molar refractivity (Wildman–Crippen MR) is 114 cm³/mol. The summed E-state index contributed by atoms with van der Waals surface area (Å²) in [6.45, 7) is 0. The molecule has 0 saturated heterocycles. The molecule has 0 saturated carbocycles. The van der Waals surface area contributed by atoms with Gasteiger partial charge < -0.3 is 14.5 Å². The van der Waals surface area contributed by atoms with Crippen LogP contribution in [-0.4, -0.2) is 22.8 Å². The topological polar surface area (TPSA) is 69.3 Å². The number of para-hydroxylation sites is 1. The Morgan fingerprint density at radius 3 is 2.93 bits per heavy atom. The number of methoxy groups -OCH3 is 1. The van der Waals surface area contributed by atoms with Crippen molar-refractivity contribution in [3.8, 4) is 11.4 Å². The molecule has 4 aromatic rings. The number of benzene rings is 2. The van der Waals surface area contributed by atoms with E-state index >= 15 is 0 Å². The van der Waals surface area contributed by atoms with E-state index in [0.29, 0.717) is 22.2 Å². The van der Waals surface area contributed by atoms with E-state index in [0.717, 1.165) is 33.8 Å². The molecule has 146 valence electrons. The van der Waals surface area contributed by atoms with E-state index in [-0.39, 0.29) is 11.7 Å². The Labute approximate surface area is 175 Å². The summed E-state index contributed by atoms with van der Waals surface area (Å²) in [6.07, 6.45) is 0. The minimum absolute atomic E-state index is 0.211. The quantitative estimate of drug-likeness (QED) is 0.481. The molecular formula is C21H16ClN3O3S. The van der Waals surface area contributed by atoms with Crippen LogP contribution < -0.4 is 10.1 Å². The van der Waals surface area contributed by atoms with Crippen molar-refractivity contribution in [2.24, 2.45) is 0 Å². The van der Waals surface area contributed by atoms with Crippen molar-refractivity contribution in [3.63, 3.8) is 0 Å². The van der Waals surface area contributed by atoms with Gasteiger partial charge in [-0.25, -0.2) is 4.68 Å². The average Bonchev–Trinajstić information content (AvgIpc) is 3.43. The van der Waals surface area contributed by atoms with Crippen LogP contribution in [0.15, 0.2) is 52.9 Å². The number of aromatic nitrogens is 2. The number of ether oxygens (including phenoxy) is 1. The first-order chi connectivity index (χ1) is 14.1. The van der Waals surface area contributed by atoms with Gasteiger partial charge >= 0.3 is 0 Å². The lowest BCUT2D eigenvalue weighted by Gasteiger charge is -2.10. The molecule has 6 nitrogen and oxygen atoms in total. The number of halogens is 1. The maximum atomic E-state index is 13.0. The zero-order valence-corrected chi connectivity index (χ0v) is 17.0. The van der Waals surface area contributed by atoms with E-state index in [9.17, 15) is 4.79 Å². The number of carbonyl (C=O) groups is 1. The highest BCUT2D eigenvalue weighted by molar-refractivity contribution is 7.98. The fourth-order valence-electron chi connectivity index (χ4n) is 3.41. The highest BCUT2D eigenvalue weighted by Gasteiger charge is 2.26. The van der Waals surface area contributed by atoms with E-state index in [1.807, 2.05) is 30.3 Å². The number of rotatable bonds is 4. The molecule has 0 fully saturated rings. The minimum atomic E-state index is -0.342. The summed E-state index contributed by atoms with van der Waals surface area (Å²) in [4.78, 5) is 13.0. The Kier molecular flexibility index (Phi) is 4.49. The lowest BCUT2D eigenvalue weighted by molar-refractivity contribution is 0.0997. The second-order valence-corrected chi connectivity index (χ2v) is 8.02. The molecule has 1 aliphatic rings. The highest BCUT2D eigenvalue weighted by atomic mass is 35.5. The van der Waals surface area contributed by atoms with Crippen LogP contribution in [0, 0.1) is 0 Å². The molecule has 1 aliphatic heterocycles. The van der Waals surface area contributed by atoms with Gasteiger partial charge in [-0.1, -0.05) is 29.8 Å². The number of carbonyl (C=O) groups excluding carboxylic acids is 1. The van der Waals surface area contributed by atoms with Crippen LogP contribution in [-0.2, 0) is 11.5 Å². The van der Waals surface area contributed by atoms with Crippen LogP contribution >= 0.6 is 23.4 Å². The van der Waals surface area contributed by atoms with Crippen molar-refractivity contribution in [2.45, 2.75) is 11.5 Å². The van der Waals surface area contributed by atoms with Crippen LogP contribution in [0.2, 0.25) is 5.02 Å². The van der Waals surface area contributed by atoms with Crippen molar-refractivity contribution in [1.82, 2.24) is 9.78 Å². The normalized spacial score (nSPS) is 12.9. The molecular weight excluding hydrogens is 410 g/mol. The Balaban J connectivity index is 1.54. The van der Waals surface area contributed by atoms with Crippen LogP contribution in [0.4, 0.5) is 5.82 Å². The van der Waals surface area contributed by atoms with Crippen molar-refractivity contribution >= 4 is 46.1 Å². The zero-order chi connectivity index (χ0) is 20.0. The van der Waals surface area contributed by atoms with E-state index in [1.165, 1.54) is 0 Å². The van der Waals surface area contributed by atoms with Crippen LogP contribution in [0.3, 0.4) is 0 Å². The van der Waals surface area contributed by atoms with Crippen molar-refractivity contribution in [1.29, 1.82) is 0 Å². The monoisotopic (exact) mass is 425 g/mol. The number of amides is 1. The maximum absolute atomic E-state index is 13.0. The first kappa shape index (κ1) is 18.1. The molecule has 3 heterocycles. The Hall–Kier alpha value is -2.90. The standard InChI is InChI=1S/C21H16ClN3O3S/c1-27-17-7-2-4-12-8-18(28-19(12)17)21(26)23-20-15-10-29-11-16(15)24-25(20)14-6-3-5-13(22)9-14/h2-9H,10-11H2,1H3,(H,23,26). The largest absolute Gasteiger partial charge is 0.493 e. The number of nitrogens with one attached hydrogen (secondary N) is 1. The molecule has 29 heavy (non-hydrogen) atoms. The van der Waals surface area contributed by atoms with E-state index in [1.54, 1.807) is 41.8 Å². The third-order valence-electron chi connectivity index (χ3n) is 4.79. The van der Waals surface area contributed by atoms with Gasteiger partial charge in [-0.05, 0) is 30.3 Å². The van der Waals surface area contributed by atoms with E-state index in [2.05, 4.69) is 5.32 Å². The van der Waals surface area contributed by atoms with Gasteiger partial charge in [0.25, 0.3) is 5.91 Å². The smallest absolute Gasteiger partial charge is 0.292 e. The molecule has 2 aromatic carbocycles. The van der Waals surface area contributed by atoms with Crippen molar-refractivity contribution in [2.75, 3.05) is 12.4 Å². The Morgan fingerprint density at radius 1 is 1.24 bits per heavy atom. The molecule has 2 aromatic heterocycles. The van der Waals surface area contributed by atoms with Gasteiger partial charge in [0.1, 0.15) is 5.82 Å². The Bertz CT molecular complexity index is 1250. The van der Waals surface area contributed by atoms with Crippen molar-refractivity contribution < 1.29 is 13.9 Å². The predicted octanol–water partition coefficient (Wildman–Crippen LogP) is 5.28. The summed E-state index contributed by atoms with van der Waals surface area (Å²) >= 11 is 7.93. The van der Waals surface area contributed by atoms with Gasteiger partial charge in [0.05, 0.1) is 18.5 Å². The van der Waals surface area contributed by atoms with Crippen LogP contribution in [0.25, 0.3) is 16.7 Å². The van der Waals surface area contributed by atoms with Gasteiger partial charge in [-0.3, -0.25) is 4.79 Å². The highest BCUT2D eigenvalue weighted by Crippen LogP contribution is 2.37. The number of anilines is 1. The SMILES string of the molecule is COc1cccc2cc(C(=O)Nc3c4c(nn3-c3cccc(Cl)c3)CSC4)oc12. The van der Waals surface area contributed by atoms with Crippen LogP contribution in [0.5, 0.6) is 5.75 Å². The number of hydrogen-bond donors (Lipinski definition) is 1. The summed E-state index contributed by atoms with van der Waals surface area (Å²) < 4.78 is 12.8.